The minimum absolute atomic E-state index is 0.0838. The lowest BCUT2D eigenvalue weighted by atomic mass is 9.79. The minimum Gasteiger partial charge on any atom is -0.337 e. The molecule has 2 aromatic heterocycles. The first-order valence-electron chi connectivity index (χ1n) is 19.0. The highest BCUT2D eigenvalue weighted by Crippen LogP contribution is 2.38. The summed E-state index contributed by atoms with van der Waals surface area (Å²) in [7, 11) is 0. The second kappa shape index (κ2) is 16.6. The zero-order chi connectivity index (χ0) is 34.1. The monoisotopic (exact) mass is 678 g/mol. The molecule has 50 heavy (non-hydrogen) atoms. The molecule has 2 saturated heterocycles. The predicted molar refractivity (Wildman–Crippen MR) is 188 cm³/mol. The number of rotatable bonds is 12. The Balaban J connectivity index is 0.910. The Morgan fingerprint density at radius 2 is 0.980 bits per heavy atom. The van der Waals surface area contributed by atoms with Gasteiger partial charge in [-0.3, -0.25) is 9.59 Å². The summed E-state index contributed by atoms with van der Waals surface area (Å²) >= 11 is 0. The zero-order valence-corrected chi connectivity index (χ0v) is 29.1. The molecule has 10 heteroatoms. The summed E-state index contributed by atoms with van der Waals surface area (Å²) in [5, 5.41) is 8.55. The fraction of sp³-hybridized carbons (Fsp3) is 0.550. The van der Waals surface area contributed by atoms with Crippen molar-refractivity contribution in [2.75, 3.05) is 13.1 Å². The number of likely N-dealkylation sites (tertiary alicyclic amines) is 2. The smallest absolute Gasteiger partial charge is 0.249 e. The van der Waals surface area contributed by atoms with E-state index in [1.165, 1.54) is 11.1 Å². The van der Waals surface area contributed by atoms with Crippen LogP contribution in [-0.4, -0.2) is 55.0 Å². The van der Waals surface area contributed by atoms with Gasteiger partial charge in [0.2, 0.25) is 23.6 Å². The highest BCUT2D eigenvalue weighted by atomic mass is 16.5. The highest BCUT2D eigenvalue weighted by molar-refractivity contribution is 5.82. The lowest BCUT2D eigenvalue weighted by Crippen LogP contribution is -2.45. The van der Waals surface area contributed by atoms with Crippen LogP contribution in [0.3, 0.4) is 0 Å². The normalized spacial score (nSPS) is 22.8. The number of nitrogens with zero attached hydrogens (tertiary/aromatic N) is 6. The molecule has 0 bridgehead atoms. The van der Waals surface area contributed by atoms with Gasteiger partial charge in [-0.05, 0) is 101 Å². The average molecular weight is 679 g/mol. The first kappa shape index (κ1) is 34.1. The van der Waals surface area contributed by atoms with Crippen LogP contribution >= 0.6 is 0 Å². The Hall–Kier alpha value is -4.34. The maximum absolute atomic E-state index is 14.0. The zero-order valence-electron chi connectivity index (χ0n) is 29.1. The summed E-state index contributed by atoms with van der Waals surface area (Å²) in [6.45, 7) is 1.42. The van der Waals surface area contributed by atoms with E-state index in [1.807, 2.05) is 21.9 Å². The number of carbonyl (C=O) groups excluding carboxylic acids is 2. The topological polar surface area (TPSA) is 118 Å². The van der Waals surface area contributed by atoms with Gasteiger partial charge in [0.25, 0.3) is 0 Å². The van der Waals surface area contributed by atoms with Gasteiger partial charge >= 0.3 is 0 Å². The Kier molecular flexibility index (Phi) is 11.3. The third-order valence-electron chi connectivity index (χ3n) is 11.0. The number of benzene rings is 2. The third kappa shape index (κ3) is 8.33. The van der Waals surface area contributed by atoms with Crippen molar-refractivity contribution in [2.45, 2.75) is 115 Å². The van der Waals surface area contributed by atoms with Crippen LogP contribution in [0.5, 0.6) is 0 Å². The molecule has 0 N–H and O–H groups in total. The van der Waals surface area contributed by atoms with Gasteiger partial charge in [-0.2, -0.15) is 9.97 Å². The van der Waals surface area contributed by atoms with Gasteiger partial charge in [0.05, 0.1) is 0 Å². The van der Waals surface area contributed by atoms with E-state index < -0.39 is 0 Å². The van der Waals surface area contributed by atoms with Gasteiger partial charge in [0.15, 0.2) is 11.6 Å². The van der Waals surface area contributed by atoms with Crippen molar-refractivity contribution in [1.82, 2.24) is 30.1 Å². The van der Waals surface area contributed by atoms with Crippen LogP contribution in [0, 0.1) is 11.8 Å². The number of amides is 2. The molecule has 1 aliphatic carbocycles. The molecule has 264 valence electrons. The quantitative estimate of drug-likeness (QED) is 0.152. The largest absolute Gasteiger partial charge is 0.337 e. The van der Waals surface area contributed by atoms with Gasteiger partial charge < -0.3 is 18.8 Å². The average Bonchev–Trinajstić information content (AvgIpc) is 3.86. The Morgan fingerprint density at radius 1 is 0.560 bits per heavy atom. The van der Waals surface area contributed by atoms with Crippen molar-refractivity contribution in [2.24, 2.45) is 11.8 Å². The number of hydrogen-bond donors (Lipinski definition) is 0. The van der Waals surface area contributed by atoms with Crippen molar-refractivity contribution >= 4 is 11.8 Å². The molecule has 0 unspecified atom stereocenters. The molecular formula is C40H50N6O4. The molecule has 4 heterocycles. The van der Waals surface area contributed by atoms with E-state index in [0.29, 0.717) is 36.5 Å². The van der Waals surface area contributed by atoms with Gasteiger partial charge in [0.1, 0.15) is 12.1 Å². The fourth-order valence-electron chi connectivity index (χ4n) is 8.16. The number of hydrogen-bond acceptors (Lipinski definition) is 8. The minimum atomic E-state index is -0.169. The second-order valence-electron chi connectivity index (χ2n) is 14.4. The summed E-state index contributed by atoms with van der Waals surface area (Å²) in [6, 6.07) is 20.5. The summed E-state index contributed by atoms with van der Waals surface area (Å²) in [4.78, 5) is 41.4. The third-order valence-corrected chi connectivity index (χ3v) is 11.0. The number of piperidine rings is 2. The van der Waals surface area contributed by atoms with Crippen LogP contribution in [-0.2, 0) is 35.3 Å². The van der Waals surface area contributed by atoms with Crippen molar-refractivity contribution in [1.29, 1.82) is 0 Å². The Morgan fingerprint density at radius 3 is 1.40 bits per heavy atom. The van der Waals surface area contributed by atoms with E-state index in [4.69, 9.17) is 19.0 Å². The van der Waals surface area contributed by atoms with Gasteiger partial charge in [0, 0.05) is 37.8 Å². The Bertz CT molecular complexity index is 1540. The highest BCUT2D eigenvalue weighted by Gasteiger charge is 2.40. The van der Waals surface area contributed by atoms with Crippen molar-refractivity contribution < 1.29 is 18.6 Å². The van der Waals surface area contributed by atoms with Crippen LogP contribution < -0.4 is 0 Å². The molecule has 2 aromatic carbocycles. The van der Waals surface area contributed by atoms with Crippen molar-refractivity contribution in [3.05, 3.63) is 95.2 Å². The van der Waals surface area contributed by atoms with E-state index in [0.717, 1.165) is 103 Å². The molecule has 3 aliphatic rings. The van der Waals surface area contributed by atoms with E-state index in [1.54, 1.807) is 0 Å². The summed E-state index contributed by atoms with van der Waals surface area (Å²) < 4.78 is 11.5. The second-order valence-corrected chi connectivity index (χ2v) is 14.4. The lowest BCUT2D eigenvalue weighted by molar-refractivity contribution is -0.146. The maximum atomic E-state index is 14.0. The van der Waals surface area contributed by atoms with Crippen molar-refractivity contribution in [3.63, 3.8) is 0 Å². The Labute approximate surface area is 295 Å². The standard InChI is InChI=1S/C40H50N6O4/c47-39(45-27-9-7-19-33(45)37-41-35(43-49-37)21-11-17-29-13-3-1-4-14-29)31-23-25-32(26-24-31)40(48)46-28-10-8-20-34(46)38-42-36(44-50-38)22-12-18-30-15-5-2-6-16-30/h1-6,13-16,31-34H,7-12,17-28H2/t31?,32?,33-,34-/m0/s1. The van der Waals surface area contributed by atoms with Crippen LogP contribution in [0.4, 0.5) is 0 Å². The van der Waals surface area contributed by atoms with E-state index in [-0.39, 0.29) is 35.7 Å². The SMILES string of the molecule is O=C(C1CCC(C(=O)N2CCCC[C@H]2c2nc(CCCc3ccccc3)no2)CC1)N1CCCC[C@H]1c1nc(CCCc2ccccc2)no1. The van der Waals surface area contributed by atoms with E-state index in [9.17, 15) is 9.59 Å². The first-order chi connectivity index (χ1) is 24.6. The summed E-state index contributed by atoms with van der Waals surface area (Å²) in [5.74, 6) is 2.73. The van der Waals surface area contributed by atoms with Crippen LogP contribution in [0.2, 0.25) is 0 Å². The maximum Gasteiger partial charge on any atom is 0.249 e. The summed E-state index contributed by atoms with van der Waals surface area (Å²) in [5.41, 5.74) is 2.61. The van der Waals surface area contributed by atoms with Crippen LogP contribution in [0.25, 0.3) is 0 Å². The molecule has 0 radical (unpaired) electrons. The predicted octanol–water partition coefficient (Wildman–Crippen LogP) is 7.42. The fourth-order valence-corrected chi connectivity index (χ4v) is 8.16. The van der Waals surface area contributed by atoms with Gasteiger partial charge in [-0.15, -0.1) is 0 Å². The molecule has 10 nitrogen and oxygen atoms in total. The number of aromatic nitrogens is 4. The molecule has 1 saturated carbocycles. The molecule has 2 atom stereocenters. The van der Waals surface area contributed by atoms with Crippen LogP contribution in [0.15, 0.2) is 69.7 Å². The molecule has 7 rings (SSSR count). The van der Waals surface area contributed by atoms with E-state index >= 15 is 0 Å². The summed E-state index contributed by atoms with van der Waals surface area (Å²) in [6.07, 6.45) is 13.9. The van der Waals surface area contributed by atoms with Crippen molar-refractivity contribution in [3.8, 4) is 0 Å². The lowest BCUT2D eigenvalue weighted by Gasteiger charge is -2.39. The molecular weight excluding hydrogens is 628 g/mol. The van der Waals surface area contributed by atoms with Crippen LogP contribution in [0.1, 0.15) is 124 Å². The molecule has 2 amide bonds. The van der Waals surface area contributed by atoms with E-state index in [2.05, 4.69) is 58.8 Å². The number of carbonyl (C=O) groups is 2. The molecule has 3 fully saturated rings. The molecule has 0 spiro atoms. The molecule has 2 aliphatic heterocycles. The molecule has 4 aromatic rings. The van der Waals surface area contributed by atoms with Gasteiger partial charge in [-0.1, -0.05) is 71.0 Å². The number of aryl methyl sites for hydroxylation is 4. The first-order valence-corrected chi connectivity index (χ1v) is 19.0. The van der Waals surface area contributed by atoms with Gasteiger partial charge in [-0.25, -0.2) is 0 Å².